The summed E-state index contributed by atoms with van der Waals surface area (Å²) in [7, 11) is 2.04. The lowest BCUT2D eigenvalue weighted by atomic mass is 9.76. The number of rotatable bonds is 5. The molecule has 1 aromatic heterocycles. The van der Waals surface area contributed by atoms with Crippen LogP contribution in [0.2, 0.25) is 0 Å². The number of nitrogens with zero attached hydrogens (tertiary/aromatic N) is 2. The second-order valence-electron chi connectivity index (χ2n) is 5.87. The Morgan fingerprint density at radius 2 is 2.10 bits per heavy atom. The molecule has 0 radical (unpaired) electrons. The van der Waals surface area contributed by atoms with Gasteiger partial charge in [0.25, 0.3) is 0 Å². The molecule has 1 aliphatic carbocycles. The van der Waals surface area contributed by atoms with Gasteiger partial charge in [0.05, 0.1) is 5.92 Å². The van der Waals surface area contributed by atoms with E-state index in [0.29, 0.717) is 5.92 Å². The van der Waals surface area contributed by atoms with Gasteiger partial charge >= 0.3 is 5.97 Å². The zero-order valence-corrected chi connectivity index (χ0v) is 12.3. The lowest BCUT2D eigenvalue weighted by Crippen LogP contribution is -2.45. The number of hydrogen-bond donors (Lipinski definition) is 1. The zero-order chi connectivity index (χ0) is 14.5. The average molecular weight is 276 g/mol. The number of pyridine rings is 1. The Hall–Kier alpha value is -1.42. The van der Waals surface area contributed by atoms with Crippen molar-refractivity contribution in [1.29, 1.82) is 0 Å². The third-order valence-electron chi connectivity index (χ3n) is 4.57. The molecule has 0 saturated heterocycles. The highest BCUT2D eigenvalue weighted by atomic mass is 16.4. The van der Waals surface area contributed by atoms with Crippen LogP contribution in [0.1, 0.15) is 38.2 Å². The summed E-state index contributed by atoms with van der Waals surface area (Å²) in [4.78, 5) is 17.7. The summed E-state index contributed by atoms with van der Waals surface area (Å²) in [5.41, 5.74) is 1.19. The van der Waals surface area contributed by atoms with E-state index in [-0.39, 0.29) is 12.0 Å². The van der Waals surface area contributed by atoms with Gasteiger partial charge in [-0.05, 0) is 49.9 Å². The van der Waals surface area contributed by atoms with Crippen LogP contribution in [0.15, 0.2) is 24.5 Å². The molecule has 1 aromatic rings. The minimum absolute atomic E-state index is 0.138. The van der Waals surface area contributed by atoms with Gasteiger partial charge in [0.1, 0.15) is 0 Å². The molecule has 20 heavy (non-hydrogen) atoms. The standard InChI is InChI=1S/C16H24N2O2/c1-3-12-4-5-14(16(19)20)15(10-12)18(2)11-13-6-8-17-9-7-13/h6-9,12,14-15H,3-5,10-11H2,1-2H3,(H,19,20). The van der Waals surface area contributed by atoms with Crippen LogP contribution >= 0.6 is 0 Å². The molecule has 2 rings (SSSR count). The third kappa shape index (κ3) is 3.57. The maximum atomic E-state index is 11.5. The summed E-state index contributed by atoms with van der Waals surface area (Å²) >= 11 is 0. The number of carboxylic acid groups (broad SMARTS) is 1. The highest BCUT2D eigenvalue weighted by Crippen LogP contribution is 2.34. The molecule has 0 bridgehead atoms. The van der Waals surface area contributed by atoms with Crippen LogP contribution in [0.5, 0.6) is 0 Å². The van der Waals surface area contributed by atoms with E-state index in [1.165, 1.54) is 5.56 Å². The highest BCUT2D eigenvalue weighted by Gasteiger charge is 2.36. The van der Waals surface area contributed by atoms with Crippen molar-refractivity contribution < 1.29 is 9.90 Å². The number of hydrogen-bond acceptors (Lipinski definition) is 3. The fraction of sp³-hybridized carbons (Fsp3) is 0.625. The van der Waals surface area contributed by atoms with E-state index in [1.54, 1.807) is 12.4 Å². The van der Waals surface area contributed by atoms with E-state index in [0.717, 1.165) is 32.2 Å². The quantitative estimate of drug-likeness (QED) is 0.898. The Morgan fingerprint density at radius 1 is 1.40 bits per heavy atom. The molecule has 3 unspecified atom stereocenters. The van der Waals surface area contributed by atoms with Crippen LogP contribution < -0.4 is 0 Å². The summed E-state index contributed by atoms with van der Waals surface area (Å²) < 4.78 is 0. The van der Waals surface area contributed by atoms with E-state index < -0.39 is 5.97 Å². The Bertz CT molecular complexity index is 435. The molecule has 1 heterocycles. The number of carboxylic acids is 1. The second kappa shape index (κ2) is 6.84. The smallest absolute Gasteiger partial charge is 0.308 e. The summed E-state index contributed by atoms with van der Waals surface area (Å²) in [5.74, 6) is -0.216. The molecule has 0 aliphatic heterocycles. The maximum Gasteiger partial charge on any atom is 0.308 e. The van der Waals surface area contributed by atoms with Crippen molar-refractivity contribution in [2.24, 2.45) is 11.8 Å². The number of aliphatic carboxylic acids is 1. The van der Waals surface area contributed by atoms with E-state index in [1.807, 2.05) is 19.2 Å². The SMILES string of the molecule is CCC1CCC(C(=O)O)C(N(C)Cc2ccncc2)C1. The monoisotopic (exact) mass is 276 g/mol. The van der Waals surface area contributed by atoms with Gasteiger partial charge in [-0.1, -0.05) is 13.3 Å². The van der Waals surface area contributed by atoms with Crippen LogP contribution in [-0.4, -0.2) is 34.0 Å². The van der Waals surface area contributed by atoms with Crippen LogP contribution in [-0.2, 0) is 11.3 Å². The molecule has 110 valence electrons. The predicted octanol–water partition coefficient (Wildman–Crippen LogP) is 2.79. The van der Waals surface area contributed by atoms with Gasteiger partial charge in [0, 0.05) is 25.0 Å². The van der Waals surface area contributed by atoms with Crippen molar-refractivity contribution in [3.05, 3.63) is 30.1 Å². The average Bonchev–Trinajstić information content (AvgIpc) is 2.47. The summed E-state index contributed by atoms with van der Waals surface area (Å²) in [5, 5.41) is 9.45. The van der Waals surface area contributed by atoms with Crippen LogP contribution in [0, 0.1) is 11.8 Å². The molecular formula is C16H24N2O2. The molecule has 1 N–H and O–H groups in total. The second-order valence-corrected chi connectivity index (χ2v) is 5.87. The highest BCUT2D eigenvalue weighted by molar-refractivity contribution is 5.71. The Kier molecular flexibility index (Phi) is 5.12. The van der Waals surface area contributed by atoms with E-state index in [9.17, 15) is 9.90 Å². The minimum atomic E-state index is -0.647. The third-order valence-corrected chi connectivity index (χ3v) is 4.57. The summed E-state index contributed by atoms with van der Waals surface area (Å²) in [6, 6.07) is 4.12. The normalized spacial score (nSPS) is 26.6. The summed E-state index contributed by atoms with van der Waals surface area (Å²) in [6.07, 6.45) is 7.56. The Labute approximate surface area is 120 Å². The van der Waals surface area contributed by atoms with Gasteiger partial charge in [-0.3, -0.25) is 14.7 Å². The Balaban J connectivity index is 2.07. The topological polar surface area (TPSA) is 53.4 Å². The van der Waals surface area contributed by atoms with Crippen molar-refractivity contribution in [3.63, 3.8) is 0 Å². The molecule has 0 spiro atoms. The molecule has 0 aromatic carbocycles. The molecule has 1 fully saturated rings. The van der Waals surface area contributed by atoms with Crippen LogP contribution in [0.4, 0.5) is 0 Å². The predicted molar refractivity (Wildman–Crippen MR) is 78.2 cm³/mol. The van der Waals surface area contributed by atoms with Gasteiger partial charge in [0.15, 0.2) is 0 Å². The minimum Gasteiger partial charge on any atom is -0.481 e. The van der Waals surface area contributed by atoms with Gasteiger partial charge in [-0.15, -0.1) is 0 Å². The molecule has 4 heteroatoms. The summed E-state index contributed by atoms with van der Waals surface area (Å²) in [6.45, 7) is 2.99. The first-order valence-electron chi connectivity index (χ1n) is 7.43. The molecule has 4 nitrogen and oxygen atoms in total. The van der Waals surface area contributed by atoms with Gasteiger partial charge in [-0.25, -0.2) is 0 Å². The first-order valence-corrected chi connectivity index (χ1v) is 7.43. The van der Waals surface area contributed by atoms with Crippen LogP contribution in [0.3, 0.4) is 0 Å². The molecule has 3 atom stereocenters. The zero-order valence-electron chi connectivity index (χ0n) is 12.3. The molecule has 0 amide bonds. The largest absolute Gasteiger partial charge is 0.481 e. The van der Waals surface area contributed by atoms with E-state index in [4.69, 9.17) is 0 Å². The molecule has 1 aliphatic rings. The van der Waals surface area contributed by atoms with Gasteiger partial charge in [-0.2, -0.15) is 0 Å². The first-order chi connectivity index (χ1) is 9.61. The molecular weight excluding hydrogens is 252 g/mol. The fourth-order valence-electron chi connectivity index (χ4n) is 3.27. The lowest BCUT2D eigenvalue weighted by molar-refractivity contribution is -0.146. The fourth-order valence-corrected chi connectivity index (χ4v) is 3.27. The Morgan fingerprint density at radius 3 is 2.70 bits per heavy atom. The van der Waals surface area contributed by atoms with Crippen molar-refractivity contribution in [3.8, 4) is 0 Å². The first kappa shape index (κ1) is 15.0. The van der Waals surface area contributed by atoms with Crippen molar-refractivity contribution in [1.82, 2.24) is 9.88 Å². The van der Waals surface area contributed by atoms with E-state index in [2.05, 4.69) is 16.8 Å². The lowest BCUT2D eigenvalue weighted by Gasteiger charge is -2.39. The van der Waals surface area contributed by atoms with Crippen molar-refractivity contribution >= 4 is 5.97 Å². The molecule has 1 saturated carbocycles. The van der Waals surface area contributed by atoms with E-state index >= 15 is 0 Å². The number of carbonyl (C=O) groups is 1. The van der Waals surface area contributed by atoms with Gasteiger partial charge in [0.2, 0.25) is 0 Å². The van der Waals surface area contributed by atoms with Crippen molar-refractivity contribution in [2.45, 2.75) is 45.2 Å². The van der Waals surface area contributed by atoms with Crippen LogP contribution in [0.25, 0.3) is 0 Å². The number of aromatic nitrogens is 1. The van der Waals surface area contributed by atoms with Crippen molar-refractivity contribution in [2.75, 3.05) is 7.05 Å². The maximum absolute atomic E-state index is 11.5. The van der Waals surface area contributed by atoms with Gasteiger partial charge < -0.3 is 5.11 Å².